The van der Waals surface area contributed by atoms with Crippen molar-refractivity contribution < 1.29 is 30.3 Å². The summed E-state index contributed by atoms with van der Waals surface area (Å²) in [5.41, 5.74) is 0. The predicted molar refractivity (Wildman–Crippen MR) is 46.6 cm³/mol. The first-order valence-corrected chi connectivity index (χ1v) is 4.37. The predicted octanol–water partition coefficient (Wildman–Crippen LogP) is -3.94. The molecule has 5 unspecified atom stereocenters. The number of aliphatic hydroxyl groups is 5. The topological polar surface area (TPSA) is 142 Å². The number of aliphatic hydroxyl groups excluding tert-OH is 5. The van der Waals surface area contributed by atoms with E-state index in [4.69, 9.17) is 10.2 Å². The molecule has 1 heterocycles. The molecule has 2 amide bonds. The molecule has 0 bridgehead atoms. The van der Waals surface area contributed by atoms with Crippen molar-refractivity contribution in [1.82, 2.24) is 10.6 Å². The molecule has 1 fully saturated rings. The molecule has 0 aromatic carbocycles. The molecular weight excluding hydrogens is 208 g/mol. The van der Waals surface area contributed by atoms with Crippen molar-refractivity contribution in [3.8, 4) is 0 Å². The van der Waals surface area contributed by atoms with Crippen LogP contribution in [0.15, 0.2) is 0 Å². The van der Waals surface area contributed by atoms with Gasteiger partial charge in [0.1, 0.15) is 24.4 Å². The summed E-state index contributed by atoms with van der Waals surface area (Å²) in [6.45, 7) is -0.734. The van der Waals surface area contributed by atoms with E-state index in [9.17, 15) is 20.1 Å². The van der Waals surface area contributed by atoms with E-state index in [0.717, 1.165) is 0 Å². The van der Waals surface area contributed by atoms with Crippen LogP contribution in [0.1, 0.15) is 0 Å². The fraction of sp³-hybridized carbons (Fsp3) is 0.857. The van der Waals surface area contributed by atoms with Gasteiger partial charge in [0.25, 0.3) is 0 Å². The van der Waals surface area contributed by atoms with Crippen molar-refractivity contribution in [2.24, 2.45) is 0 Å². The Kier molecular flexibility index (Phi) is 3.83. The molecule has 0 aliphatic carbocycles. The number of carbonyl (C=O) groups is 1. The summed E-state index contributed by atoms with van der Waals surface area (Å²) in [4.78, 5) is 10.7. The lowest BCUT2D eigenvalue weighted by Gasteiger charge is -2.26. The smallest absolute Gasteiger partial charge is 0.317 e. The number of nitrogens with one attached hydrogen (secondary N) is 2. The maximum atomic E-state index is 10.7. The third kappa shape index (κ3) is 2.55. The van der Waals surface area contributed by atoms with E-state index in [1.54, 1.807) is 0 Å². The first kappa shape index (κ1) is 12.1. The van der Waals surface area contributed by atoms with Crippen LogP contribution < -0.4 is 10.6 Å². The van der Waals surface area contributed by atoms with Crippen LogP contribution in [0.5, 0.6) is 0 Å². The second-order valence-corrected chi connectivity index (χ2v) is 3.32. The highest BCUT2D eigenvalue weighted by Gasteiger charge is 2.40. The zero-order chi connectivity index (χ0) is 11.6. The zero-order valence-corrected chi connectivity index (χ0v) is 7.74. The zero-order valence-electron chi connectivity index (χ0n) is 7.74. The van der Waals surface area contributed by atoms with E-state index in [1.165, 1.54) is 0 Å². The molecule has 0 saturated carbocycles. The van der Waals surface area contributed by atoms with Gasteiger partial charge in [-0.1, -0.05) is 0 Å². The molecule has 0 aromatic heterocycles. The van der Waals surface area contributed by atoms with Crippen molar-refractivity contribution in [2.75, 3.05) is 6.61 Å². The number of hydrogen-bond acceptors (Lipinski definition) is 6. The van der Waals surface area contributed by atoms with Gasteiger partial charge in [-0.3, -0.25) is 0 Å². The van der Waals surface area contributed by atoms with Gasteiger partial charge in [0.05, 0.1) is 6.61 Å². The van der Waals surface area contributed by atoms with Crippen LogP contribution in [0.2, 0.25) is 0 Å². The normalized spacial score (nSPS) is 31.7. The quantitative estimate of drug-likeness (QED) is 0.259. The molecule has 8 heteroatoms. The standard InChI is InChI=1S/C7H14N2O6/c10-1-2(11)4(12)5(13)3-6(14)9-7(15)8-3/h2-6,10-14H,1H2,(H2,8,9,15). The number of rotatable bonds is 4. The van der Waals surface area contributed by atoms with Gasteiger partial charge in [-0.25, -0.2) is 4.79 Å². The highest BCUT2D eigenvalue weighted by atomic mass is 16.4. The van der Waals surface area contributed by atoms with E-state index >= 15 is 0 Å². The largest absolute Gasteiger partial charge is 0.394 e. The number of carbonyl (C=O) groups excluding carboxylic acids is 1. The summed E-state index contributed by atoms with van der Waals surface area (Å²) in [6.07, 6.45) is -6.13. The SMILES string of the molecule is O=C1NC(O)C(C(O)C(O)C(O)CO)N1. The average Bonchev–Trinajstić information content (AvgIpc) is 2.54. The molecule has 0 radical (unpaired) electrons. The summed E-state index contributed by atoms with van der Waals surface area (Å²) in [7, 11) is 0. The molecule has 15 heavy (non-hydrogen) atoms. The van der Waals surface area contributed by atoms with E-state index in [0.29, 0.717) is 0 Å². The van der Waals surface area contributed by atoms with Crippen LogP contribution in [0, 0.1) is 0 Å². The Hall–Kier alpha value is -0.930. The summed E-state index contributed by atoms with van der Waals surface area (Å²) >= 11 is 0. The first-order chi connectivity index (χ1) is 6.97. The van der Waals surface area contributed by atoms with Gasteiger partial charge in [-0.2, -0.15) is 0 Å². The first-order valence-electron chi connectivity index (χ1n) is 4.37. The second-order valence-electron chi connectivity index (χ2n) is 3.32. The van der Waals surface area contributed by atoms with E-state index in [-0.39, 0.29) is 0 Å². The molecule has 1 aliphatic heterocycles. The van der Waals surface area contributed by atoms with Crippen molar-refractivity contribution in [2.45, 2.75) is 30.6 Å². The molecule has 5 atom stereocenters. The average molecular weight is 222 g/mol. The molecule has 88 valence electrons. The lowest BCUT2D eigenvalue weighted by molar-refractivity contribution is -0.0960. The Balaban J connectivity index is 2.59. The van der Waals surface area contributed by atoms with Gasteiger partial charge in [-0.15, -0.1) is 0 Å². The van der Waals surface area contributed by atoms with Crippen molar-refractivity contribution >= 4 is 6.03 Å². The Labute approximate surface area is 85.2 Å². The summed E-state index contributed by atoms with van der Waals surface area (Å²) in [6, 6.07) is -1.81. The molecule has 8 nitrogen and oxygen atoms in total. The minimum atomic E-state index is -1.66. The Morgan fingerprint density at radius 3 is 2.27 bits per heavy atom. The van der Waals surface area contributed by atoms with Crippen molar-refractivity contribution in [1.29, 1.82) is 0 Å². The summed E-state index contributed by atoms with van der Waals surface area (Å²) in [5, 5.41) is 49.8. The van der Waals surface area contributed by atoms with Crippen LogP contribution in [0.25, 0.3) is 0 Å². The lowest BCUT2D eigenvalue weighted by Crippen LogP contribution is -2.53. The van der Waals surface area contributed by atoms with E-state index < -0.39 is 43.2 Å². The molecule has 7 N–H and O–H groups in total. The minimum Gasteiger partial charge on any atom is -0.394 e. The van der Waals surface area contributed by atoms with E-state index in [1.807, 2.05) is 5.32 Å². The van der Waals surface area contributed by atoms with Gasteiger partial charge in [0, 0.05) is 0 Å². The minimum absolute atomic E-state index is 0.683. The van der Waals surface area contributed by atoms with Gasteiger partial charge in [0.15, 0.2) is 6.23 Å². The Morgan fingerprint density at radius 2 is 1.87 bits per heavy atom. The van der Waals surface area contributed by atoms with Crippen molar-refractivity contribution in [3.63, 3.8) is 0 Å². The van der Waals surface area contributed by atoms with Crippen LogP contribution in [0.4, 0.5) is 4.79 Å². The summed E-state index contributed by atoms with van der Waals surface area (Å²) < 4.78 is 0. The Morgan fingerprint density at radius 1 is 1.27 bits per heavy atom. The highest BCUT2D eigenvalue weighted by molar-refractivity contribution is 5.77. The number of amides is 2. The fourth-order valence-corrected chi connectivity index (χ4v) is 1.32. The van der Waals surface area contributed by atoms with Crippen molar-refractivity contribution in [3.05, 3.63) is 0 Å². The lowest BCUT2D eigenvalue weighted by atomic mass is 10.0. The van der Waals surface area contributed by atoms with E-state index in [2.05, 4.69) is 5.32 Å². The fourth-order valence-electron chi connectivity index (χ4n) is 1.32. The molecule has 0 aromatic rings. The number of urea groups is 1. The van der Waals surface area contributed by atoms with Gasteiger partial charge in [-0.05, 0) is 0 Å². The van der Waals surface area contributed by atoms with Crippen LogP contribution in [0.3, 0.4) is 0 Å². The third-order valence-electron chi connectivity index (χ3n) is 2.22. The molecular formula is C7H14N2O6. The monoisotopic (exact) mass is 222 g/mol. The Bertz CT molecular complexity index is 238. The van der Waals surface area contributed by atoms with Crippen LogP contribution >= 0.6 is 0 Å². The van der Waals surface area contributed by atoms with Gasteiger partial charge < -0.3 is 36.2 Å². The molecule has 0 spiro atoms. The third-order valence-corrected chi connectivity index (χ3v) is 2.22. The molecule has 1 rings (SSSR count). The number of hydrogen-bond donors (Lipinski definition) is 7. The highest BCUT2D eigenvalue weighted by Crippen LogP contribution is 2.10. The maximum Gasteiger partial charge on any atom is 0.317 e. The van der Waals surface area contributed by atoms with Gasteiger partial charge in [0.2, 0.25) is 0 Å². The van der Waals surface area contributed by atoms with Crippen LogP contribution in [-0.2, 0) is 0 Å². The maximum absolute atomic E-state index is 10.7. The van der Waals surface area contributed by atoms with Gasteiger partial charge >= 0.3 is 6.03 Å². The van der Waals surface area contributed by atoms with Crippen LogP contribution in [-0.4, -0.2) is 68.8 Å². The molecule has 1 aliphatic rings. The molecule has 1 saturated heterocycles. The second kappa shape index (κ2) is 4.73. The summed E-state index contributed by atoms with van der Waals surface area (Å²) in [5.74, 6) is 0.